The molecule has 0 aliphatic carbocycles. The second-order valence-electron chi connectivity index (χ2n) is 4.28. The molecule has 0 radical (unpaired) electrons. The maximum Gasteiger partial charge on any atom is 0.185 e. The molecular weight excluding hydrogens is 234 g/mol. The maximum absolute atomic E-state index is 5.75. The van der Waals surface area contributed by atoms with Crippen molar-refractivity contribution in [2.75, 3.05) is 31.7 Å². The Bertz CT molecular complexity index is 338. The summed E-state index contributed by atoms with van der Waals surface area (Å²) in [6.45, 7) is 9.25. The monoisotopic (exact) mass is 257 g/mol. The molecule has 0 aliphatic rings. The third kappa shape index (κ3) is 3.94. The minimum atomic E-state index is 0.429. The molecule has 2 N–H and O–H groups in total. The van der Waals surface area contributed by atoms with Gasteiger partial charge < -0.3 is 15.4 Å². The molecule has 0 atom stereocenters. The summed E-state index contributed by atoms with van der Waals surface area (Å²) >= 11 is 1.69. The van der Waals surface area contributed by atoms with Gasteiger partial charge in [-0.1, -0.05) is 13.8 Å². The van der Waals surface area contributed by atoms with Gasteiger partial charge in [0.2, 0.25) is 0 Å². The molecular formula is C12H23N3OS. The average molecular weight is 257 g/mol. The standard InChI is InChI=1S/C12H23N3OS/c1-5-16-7-6-15(4)12-14-11(9(2)3)10(8-13)17-12/h9H,5-8,13H2,1-4H3. The van der Waals surface area contributed by atoms with Gasteiger partial charge in [-0.15, -0.1) is 11.3 Å². The molecule has 98 valence electrons. The van der Waals surface area contributed by atoms with Gasteiger partial charge in [0.15, 0.2) is 5.13 Å². The van der Waals surface area contributed by atoms with Gasteiger partial charge in [0, 0.05) is 31.6 Å². The Balaban J connectivity index is 2.70. The van der Waals surface area contributed by atoms with Gasteiger partial charge in [-0.25, -0.2) is 4.98 Å². The van der Waals surface area contributed by atoms with Gasteiger partial charge in [-0.05, 0) is 12.8 Å². The lowest BCUT2D eigenvalue weighted by Gasteiger charge is -2.15. The van der Waals surface area contributed by atoms with Gasteiger partial charge in [0.25, 0.3) is 0 Å². The van der Waals surface area contributed by atoms with E-state index in [1.54, 1.807) is 11.3 Å². The zero-order valence-corrected chi connectivity index (χ0v) is 12.0. The number of ether oxygens (including phenoxy) is 1. The quantitative estimate of drug-likeness (QED) is 0.761. The first-order valence-corrected chi connectivity index (χ1v) is 6.90. The van der Waals surface area contributed by atoms with Crippen LogP contribution in [0.1, 0.15) is 37.3 Å². The Morgan fingerprint density at radius 2 is 2.18 bits per heavy atom. The van der Waals surface area contributed by atoms with Crippen molar-refractivity contribution in [3.05, 3.63) is 10.6 Å². The first-order valence-electron chi connectivity index (χ1n) is 6.08. The van der Waals surface area contributed by atoms with Crippen LogP contribution in [-0.2, 0) is 11.3 Å². The number of likely N-dealkylation sites (N-methyl/N-ethyl adjacent to an activating group) is 1. The summed E-state index contributed by atoms with van der Waals surface area (Å²) in [5.74, 6) is 0.429. The van der Waals surface area contributed by atoms with Gasteiger partial charge in [-0.2, -0.15) is 0 Å². The van der Waals surface area contributed by atoms with Gasteiger partial charge in [-0.3, -0.25) is 0 Å². The molecule has 1 aromatic heterocycles. The third-order valence-electron chi connectivity index (χ3n) is 2.55. The van der Waals surface area contributed by atoms with Crippen molar-refractivity contribution in [3.8, 4) is 0 Å². The van der Waals surface area contributed by atoms with E-state index in [4.69, 9.17) is 10.5 Å². The lowest BCUT2D eigenvalue weighted by Crippen LogP contribution is -2.22. The van der Waals surface area contributed by atoms with Crippen LogP contribution in [0.2, 0.25) is 0 Å². The van der Waals surface area contributed by atoms with Crippen LogP contribution in [0.25, 0.3) is 0 Å². The van der Waals surface area contributed by atoms with E-state index in [0.29, 0.717) is 12.5 Å². The molecule has 0 saturated carbocycles. The lowest BCUT2D eigenvalue weighted by molar-refractivity contribution is 0.154. The van der Waals surface area contributed by atoms with Crippen LogP contribution in [0.4, 0.5) is 5.13 Å². The average Bonchev–Trinajstić information content (AvgIpc) is 2.73. The highest BCUT2D eigenvalue weighted by molar-refractivity contribution is 7.15. The van der Waals surface area contributed by atoms with E-state index in [2.05, 4.69) is 23.7 Å². The van der Waals surface area contributed by atoms with Crippen molar-refractivity contribution in [1.29, 1.82) is 0 Å². The molecule has 0 bridgehead atoms. The van der Waals surface area contributed by atoms with Gasteiger partial charge >= 0.3 is 0 Å². The molecule has 1 rings (SSSR count). The largest absolute Gasteiger partial charge is 0.380 e. The van der Waals surface area contributed by atoms with Gasteiger partial charge in [0.1, 0.15) is 0 Å². The molecule has 0 unspecified atom stereocenters. The van der Waals surface area contributed by atoms with Crippen LogP contribution in [0.15, 0.2) is 0 Å². The number of nitrogens with two attached hydrogens (primary N) is 1. The lowest BCUT2D eigenvalue weighted by atomic mass is 10.1. The van der Waals surface area contributed by atoms with Gasteiger partial charge in [0.05, 0.1) is 12.3 Å². The Morgan fingerprint density at radius 3 is 2.65 bits per heavy atom. The topological polar surface area (TPSA) is 51.4 Å². The van der Waals surface area contributed by atoms with E-state index in [-0.39, 0.29) is 0 Å². The molecule has 4 nitrogen and oxygen atoms in total. The summed E-state index contributed by atoms with van der Waals surface area (Å²) < 4.78 is 5.35. The van der Waals surface area contributed by atoms with E-state index >= 15 is 0 Å². The zero-order chi connectivity index (χ0) is 12.8. The number of rotatable bonds is 7. The maximum atomic E-state index is 5.75. The molecule has 1 aromatic rings. The highest BCUT2D eigenvalue weighted by atomic mass is 32.1. The van der Waals surface area contributed by atoms with Crippen molar-refractivity contribution < 1.29 is 4.74 Å². The van der Waals surface area contributed by atoms with Crippen LogP contribution in [0, 0.1) is 0 Å². The van der Waals surface area contributed by atoms with E-state index < -0.39 is 0 Å². The predicted octanol–water partition coefficient (Wildman–Crippen LogP) is 2.20. The third-order valence-corrected chi connectivity index (χ3v) is 3.76. The fraction of sp³-hybridized carbons (Fsp3) is 0.750. The minimum Gasteiger partial charge on any atom is -0.380 e. The fourth-order valence-corrected chi connectivity index (χ4v) is 2.63. The van der Waals surface area contributed by atoms with Crippen LogP contribution in [-0.4, -0.2) is 31.8 Å². The summed E-state index contributed by atoms with van der Waals surface area (Å²) in [6, 6.07) is 0. The number of thiazole rings is 1. The molecule has 0 fully saturated rings. The highest BCUT2D eigenvalue weighted by Gasteiger charge is 2.15. The summed E-state index contributed by atoms with van der Waals surface area (Å²) in [5, 5.41) is 1.04. The molecule has 0 aliphatic heterocycles. The van der Waals surface area contributed by atoms with E-state index in [9.17, 15) is 0 Å². The van der Waals surface area contributed by atoms with Crippen molar-refractivity contribution >= 4 is 16.5 Å². The number of anilines is 1. The van der Waals surface area contributed by atoms with Crippen molar-refractivity contribution in [3.63, 3.8) is 0 Å². The second kappa shape index (κ2) is 6.93. The normalized spacial score (nSPS) is 11.2. The Kier molecular flexibility index (Phi) is 5.88. The van der Waals surface area contributed by atoms with Crippen LogP contribution in [0.3, 0.4) is 0 Å². The Morgan fingerprint density at radius 1 is 1.47 bits per heavy atom. The minimum absolute atomic E-state index is 0.429. The smallest absolute Gasteiger partial charge is 0.185 e. The number of aromatic nitrogens is 1. The number of hydrogen-bond acceptors (Lipinski definition) is 5. The Hall–Kier alpha value is -0.650. The number of nitrogens with zero attached hydrogens (tertiary/aromatic N) is 2. The first-order chi connectivity index (χ1) is 8.10. The van der Waals surface area contributed by atoms with Crippen LogP contribution >= 0.6 is 11.3 Å². The van der Waals surface area contributed by atoms with E-state index in [0.717, 1.165) is 30.6 Å². The molecule has 0 aromatic carbocycles. The van der Waals surface area contributed by atoms with Crippen LogP contribution in [0.5, 0.6) is 0 Å². The predicted molar refractivity (Wildman–Crippen MR) is 73.9 cm³/mol. The molecule has 0 amide bonds. The van der Waals surface area contributed by atoms with Crippen molar-refractivity contribution in [2.24, 2.45) is 5.73 Å². The van der Waals surface area contributed by atoms with E-state index in [1.165, 1.54) is 4.88 Å². The molecule has 0 saturated heterocycles. The summed E-state index contributed by atoms with van der Waals surface area (Å²) in [7, 11) is 2.04. The fourth-order valence-electron chi connectivity index (χ4n) is 1.55. The summed E-state index contributed by atoms with van der Waals surface area (Å²) in [4.78, 5) is 7.99. The van der Waals surface area contributed by atoms with Crippen molar-refractivity contribution in [1.82, 2.24) is 4.98 Å². The van der Waals surface area contributed by atoms with E-state index in [1.807, 2.05) is 14.0 Å². The molecule has 5 heteroatoms. The summed E-state index contributed by atoms with van der Waals surface area (Å²) in [5.41, 5.74) is 6.89. The second-order valence-corrected chi connectivity index (χ2v) is 5.34. The SMILES string of the molecule is CCOCCN(C)c1nc(C(C)C)c(CN)s1. The summed E-state index contributed by atoms with van der Waals surface area (Å²) in [6.07, 6.45) is 0. The molecule has 0 spiro atoms. The molecule has 17 heavy (non-hydrogen) atoms. The Labute approximate surface area is 108 Å². The highest BCUT2D eigenvalue weighted by Crippen LogP contribution is 2.29. The number of hydrogen-bond donors (Lipinski definition) is 1. The van der Waals surface area contributed by atoms with Crippen LogP contribution < -0.4 is 10.6 Å². The zero-order valence-electron chi connectivity index (χ0n) is 11.2. The molecule has 1 heterocycles. The van der Waals surface area contributed by atoms with Crippen molar-refractivity contribution in [2.45, 2.75) is 33.2 Å². The first kappa shape index (κ1) is 14.4.